The second-order valence-electron chi connectivity index (χ2n) is 5.32. The van der Waals surface area contributed by atoms with Crippen molar-refractivity contribution in [2.24, 2.45) is 0 Å². The number of nitrogens with one attached hydrogen (secondary N) is 1. The SMILES string of the molecule is Cc1cccc(CNC(=O)c2nc3ccccc3nc2C)c1. The van der Waals surface area contributed by atoms with Gasteiger partial charge in [0.1, 0.15) is 5.69 Å². The summed E-state index contributed by atoms with van der Waals surface area (Å²) >= 11 is 0. The van der Waals surface area contributed by atoms with E-state index in [4.69, 9.17) is 0 Å². The van der Waals surface area contributed by atoms with Crippen LogP contribution in [-0.2, 0) is 6.54 Å². The van der Waals surface area contributed by atoms with Crippen molar-refractivity contribution in [3.05, 3.63) is 71.0 Å². The highest BCUT2D eigenvalue weighted by Crippen LogP contribution is 2.12. The van der Waals surface area contributed by atoms with E-state index in [1.165, 1.54) is 5.56 Å². The summed E-state index contributed by atoms with van der Waals surface area (Å²) in [4.78, 5) is 21.2. The Morgan fingerprint density at radius 3 is 2.45 bits per heavy atom. The number of carbonyl (C=O) groups is 1. The number of aromatic nitrogens is 2. The van der Waals surface area contributed by atoms with Gasteiger partial charge in [-0.05, 0) is 31.5 Å². The molecule has 0 saturated carbocycles. The molecule has 1 N–H and O–H groups in total. The van der Waals surface area contributed by atoms with Crippen molar-refractivity contribution >= 4 is 16.9 Å². The van der Waals surface area contributed by atoms with Crippen molar-refractivity contribution in [3.8, 4) is 0 Å². The van der Waals surface area contributed by atoms with Crippen LogP contribution in [0.5, 0.6) is 0 Å². The lowest BCUT2D eigenvalue weighted by atomic mass is 10.1. The largest absolute Gasteiger partial charge is 0.347 e. The van der Waals surface area contributed by atoms with Crippen LogP contribution in [0.15, 0.2) is 48.5 Å². The predicted octanol–water partition coefficient (Wildman–Crippen LogP) is 3.18. The molecule has 1 amide bonds. The van der Waals surface area contributed by atoms with E-state index in [1.807, 2.05) is 49.4 Å². The van der Waals surface area contributed by atoms with E-state index in [9.17, 15) is 4.79 Å². The maximum absolute atomic E-state index is 12.4. The monoisotopic (exact) mass is 291 g/mol. The van der Waals surface area contributed by atoms with E-state index in [2.05, 4.69) is 21.4 Å². The van der Waals surface area contributed by atoms with Gasteiger partial charge in [-0.25, -0.2) is 9.97 Å². The third-order valence-electron chi connectivity index (χ3n) is 3.50. The highest BCUT2D eigenvalue weighted by molar-refractivity contribution is 5.95. The zero-order valence-electron chi connectivity index (χ0n) is 12.6. The Balaban J connectivity index is 1.81. The van der Waals surface area contributed by atoms with Gasteiger partial charge in [-0.15, -0.1) is 0 Å². The molecule has 3 rings (SSSR count). The summed E-state index contributed by atoms with van der Waals surface area (Å²) in [7, 11) is 0. The van der Waals surface area contributed by atoms with Crippen LogP contribution in [0.2, 0.25) is 0 Å². The highest BCUT2D eigenvalue weighted by Gasteiger charge is 2.13. The molecule has 4 nitrogen and oxygen atoms in total. The van der Waals surface area contributed by atoms with Crippen LogP contribution in [0, 0.1) is 13.8 Å². The average Bonchev–Trinajstić information content (AvgIpc) is 2.52. The molecule has 0 aliphatic carbocycles. The fourth-order valence-electron chi connectivity index (χ4n) is 2.39. The molecule has 0 fully saturated rings. The summed E-state index contributed by atoms with van der Waals surface area (Å²) < 4.78 is 0. The van der Waals surface area contributed by atoms with Crippen molar-refractivity contribution in [1.82, 2.24) is 15.3 Å². The van der Waals surface area contributed by atoms with Gasteiger partial charge in [-0.2, -0.15) is 0 Å². The highest BCUT2D eigenvalue weighted by atomic mass is 16.1. The molecule has 1 heterocycles. The topological polar surface area (TPSA) is 54.9 Å². The maximum atomic E-state index is 12.4. The molecule has 4 heteroatoms. The number of hydrogen-bond acceptors (Lipinski definition) is 3. The first-order valence-corrected chi connectivity index (χ1v) is 7.20. The average molecular weight is 291 g/mol. The summed E-state index contributed by atoms with van der Waals surface area (Å²) in [6, 6.07) is 15.6. The number of amides is 1. The Labute approximate surface area is 129 Å². The van der Waals surface area contributed by atoms with Gasteiger partial charge >= 0.3 is 0 Å². The van der Waals surface area contributed by atoms with E-state index in [1.54, 1.807) is 6.92 Å². The minimum atomic E-state index is -0.197. The first kappa shape index (κ1) is 14.2. The van der Waals surface area contributed by atoms with Crippen molar-refractivity contribution in [3.63, 3.8) is 0 Å². The number of aryl methyl sites for hydroxylation is 2. The second-order valence-corrected chi connectivity index (χ2v) is 5.32. The van der Waals surface area contributed by atoms with Crippen molar-refractivity contribution in [2.75, 3.05) is 0 Å². The van der Waals surface area contributed by atoms with Crippen LogP contribution in [0.1, 0.15) is 27.3 Å². The summed E-state index contributed by atoms with van der Waals surface area (Å²) in [6.45, 7) is 4.32. The molecule has 0 saturated heterocycles. The van der Waals surface area contributed by atoms with Crippen LogP contribution in [0.4, 0.5) is 0 Å². The number of benzene rings is 2. The smallest absolute Gasteiger partial charge is 0.272 e. The number of para-hydroxylation sites is 2. The van der Waals surface area contributed by atoms with Gasteiger partial charge in [-0.1, -0.05) is 42.0 Å². The predicted molar refractivity (Wildman–Crippen MR) is 86.6 cm³/mol. The van der Waals surface area contributed by atoms with E-state index < -0.39 is 0 Å². The standard InChI is InChI=1S/C18H17N3O/c1-12-6-5-7-14(10-12)11-19-18(22)17-13(2)20-15-8-3-4-9-16(15)21-17/h3-10H,11H2,1-2H3,(H,19,22). The molecule has 0 atom stereocenters. The summed E-state index contributed by atoms with van der Waals surface area (Å²) in [5.74, 6) is -0.197. The molecule has 2 aromatic carbocycles. The molecular formula is C18H17N3O. The zero-order valence-corrected chi connectivity index (χ0v) is 12.6. The quantitative estimate of drug-likeness (QED) is 0.806. The molecule has 0 aliphatic rings. The zero-order chi connectivity index (χ0) is 15.5. The van der Waals surface area contributed by atoms with Crippen LogP contribution in [0.3, 0.4) is 0 Å². The summed E-state index contributed by atoms with van der Waals surface area (Å²) in [6.07, 6.45) is 0. The van der Waals surface area contributed by atoms with Crippen LogP contribution >= 0.6 is 0 Å². The van der Waals surface area contributed by atoms with Crippen LogP contribution in [0.25, 0.3) is 11.0 Å². The van der Waals surface area contributed by atoms with Gasteiger partial charge in [0.15, 0.2) is 0 Å². The summed E-state index contributed by atoms with van der Waals surface area (Å²) in [5.41, 5.74) is 4.80. The van der Waals surface area contributed by atoms with Crippen LogP contribution in [-0.4, -0.2) is 15.9 Å². The van der Waals surface area contributed by atoms with Gasteiger partial charge in [0.25, 0.3) is 5.91 Å². The first-order chi connectivity index (χ1) is 10.6. The van der Waals surface area contributed by atoms with E-state index in [0.717, 1.165) is 16.6 Å². The normalized spacial score (nSPS) is 10.6. The lowest BCUT2D eigenvalue weighted by Gasteiger charge is -2.08. The fraction of sp³-hybridized carbons (Fsp3) is 0.167. The van der Waals surface area contributed by atoms with Crippen molar-refractivity contribution in [1.29, 1.82) is 0 Å². The van der Waals surface area contributed by atoms with Gasteiger partial charge < -0.3 is 5.32 Å². The number of rotatable bonds is 3. The number of carbonyl (C=O) groups excluding carboxylic acids is 1. The molecule has 0 unspecified atom stereocenters. The van der Waals surface area contributed by atoms with Gasteiger partial charge in [0.05, 0.1) is 16.7 Å². The molecule has 0 bridgehead atoms. The lowest BCUT2D eigenvalue weighted by molar-refractivity contribution is 0.0945. The molecule has 1 aromatic heterocycles. The Hall–Kier alpha value is -2.75. The number of hydrogen-bond donors (Lipinski definition) is 1. The van der Waals surface area contributed by atoms with E-state index in [0.29, 0.717) is 17.9 Å². The van der Waals surface area contributed by atoms with Crippen LogP contribution < -0.4 is 5.32 Å². The Bertz CT molecular complexity index is 843. The molecular weight excluding hydrogens is 274 g/mol. The molecule has 110 valence electrons. The van der Waals surface area contributed by atoms with Crippen molar-refractivity contribution in [2.45, 2.75) is 20.4 Å². The fourth-order valence-corrected chi connectivity index (χ4v) is 2.39. The van der Waals surface area contributed by atoms with Gasteiger partial charge in [0, 0.05) is 6.54 Å². The molecule has 3 aromatic rings. The lowest BCUT2D eigenvalue weighted by Crippen LogP contribution is -2.25. The molecule has 22 heavy (non-hydrogen) atoms. The Kier molecular flexibility index (Phi) is 3.83. The Morgan fingerprint density at radius 1 is 1.00 bits per heavy atom. The number of fused-ring (bicyclic) bond motifs is 1. The molecule has 0 aliphatic heterocycles. The third kappa shape index (κ3) is 2.96. The van der Waals surface area contributed by atoms with Gasteiger partial charge in [0.2, 0.25) is 0 Å². The Morgan fingerprint density at radius 2 is 1.73 bits per heavy atom. The van der Waals surface area contributed by atoms with E-state index >= 15 is 0 Å². The number of nitrogens with zero attached hydrogens (tertiary/aromatic N) is 2. The third-order valence-corrected chi connectivity index (χ3v) is 3.50. The van der Waals surface area contributed by atoms with Crippen molar-refractivity contribution < 1.29 is 4.79 Å². The first-order valence-electron chi connectivity index (χ1n) is 7.20. The second kappa shape index (κ2) is 5.93. The molecule has 0 radical (unpaired) electrons. The minimum Gasteiger partial charge on any atom is -0.347 e. The summed E-state index contributed by atoms with van der Waals surface area (Å²) in [5, 5.41) is 2.91. The maximum Gasteiger partial charge on any atom is 0.272 e. The minimum absolute atomic E-state index is 0.197. The van der Waals surface area contributed by atoms with Gasteiger partial charge in [-0.3, -0.25) is 4.79 Å². The molecule has 0 spiro atoms. The van der Waals surface area contributed by atoms with E-state index in [-0.39, 0.29) is 5.91 Å².